The van der Waals surface area contributed by atoms with Crippen LogP contribution in [-0.2, 0) is 6.42 Å². The molecule has 11 rings (SSSR count). The highest BCUT2D eigenvalue weighted by atomic mass is 15.5. The Morgan fingerprint density at radius 2 is 1.50 bits per heavy atom. The largest absolute Gasteiger partial charge is 0.336 e. The van der Waals surface area contributed by atoms with Crippen LogP contribution in [0, 0.1) is 11.3 Å². The van der Waals surface area contributed by atoms with Gasteiger partial charge in [0.05, 0.1) is 23.3 Å². The minimum Gasteiger partial charge on any atom is -0.336 e. The average Bonchev–Trinajstić information content (AvgIpc) is 3.66. The molecule has 4 aromatic carbocycles. The van der Waals surface area contributed by atoms with Crippen LogP contribution in [0.5, 0.6) is 0 Å². The second-order valence-corrected chi connectivity index (χ2v) is 13.3. The Balaban J connectivity index is 1.24. The van der Waals surface area contributed by atoms with Crippen molar-refractivity contribution in [1.82, 2.24) is 9.97 Å². The molecule has 0 saturated heterocycles. The molecule has 6 aliphatic rings. The van der Waals surface area contributed by atoms with Crippen molar-refractivity contribution >= 4 is 45.5 Å². The van der Waals surface area contributed by atoms with Gasteiger partial charge in [-0.25, -0.2) is 9.97 Å². The van der Waals surface area contributed by atoms with Gasteiger partial charge >= 0.3 is 0 Å². The highest BCUT2D eigenvalue weighted by Crippen LogP contribution is 2.74. The van der Waals surface area contributed by atoms with Gasteiger partial charge in [-0.1, -0.05) is 67.6 Å². The fourth-order valence-electron chi connectivity index (χ4n) is 10.1. The predicted molar refractivity (Wildman–Crippen MR) is 175 cm³/mol. The molecule has 0 radical (unpaired) electrons. The molecule has 0 spiro atoms. The van der Waals surface area contributed by atoms with Gasteiger partial charge in [-0.05, 0) is 71.0 Å². The standard InChI is InChI=1S/C38H30N6/c1-38-33(26-19-22-16-17-28(25(26)18-22)44-31-20-39-21-40-35(31)41(2)37(38)44)32-24-12-6-7-13-27(24)43-30-15-9-8-14-29(30)42(36(43)34(32)38)23-10-4-3-5-11-23/h3-18,20-21,26,33,36-37H,19H2,1-2H3. The SMILES string of the molecule is CN1c2ncncc2N2c3ccc4cc3C(C4)C3C4=C(C5N(c6ccccc6)c6ccccc6N5c5ccccc54)C3(C)C12. The normalized spacial score (nSPS) is 27.5. The van der Waals surface area contributed by atoms with Crippen LogP contribution in [-0.4, -0.2) is 29.3 Å². The van der Waals surface area contributed by atoms with Crippen LogP contribution in [0.4, 0.5) is 39.9 Å². The maximum absolute atomic E-state index is 4.85. The summed E-state index contributed by atoms with van der Waals surface area (Å²) in [4.78, 5) is 19.6. The van der Waals surface area contributed by atoms with Crippen molar-refractivity contribution in [3.63, 3.8) is 0 Å². The zero-order chi connectivity index (χ0) is 28.9. The molecule has 0 N–H and O–H groups in total. The molecule has 44 heavy (non-hydrogen) atoms. The molecule has 5 unspecified atom stereocenters. The zero-order valence-electron chi connectivity index (χ0n) is 24.6. The van der Waals surface area contributed by atoms with Gasteiger partial charge in [-0.3, -0.25) is 0 Å². The van der Waals surface area contributed by atoms with Crippen LogP contribution in [0.3, 0.4) is 0 Å². The number of para-hydroxylation sites is 4. The van der Waals surface area contributed by atoms with Crippen LogP contribution in [0.25, 0.3) is 5.57 Å². The summed E-state index contributed by atoms with van der Waals surface area (Å²) in [6.45, 7) is 2.56. The lowest BCUT2D eigenvalue weighted by atomic mass is 9.48. The summed E-state index contributed by atoms with van der Waals surface area (Å²) in [5.74, 6) is 1.80. The maximum Gasteiger partial charge on any atom is 0.157 e. The van der Waals surface area contributed by atoms with Gasteiger partial charge in [0.1, 0.15) is 24.3 Å². The molecule has 2 bridgehead atoms. The van der Waals surface area contributed by atoms with Gasteiger partial charge in [-0.2, -0.15) is 0 Å². The van der Waals surface area contributed by atoms with Crippen LogP contribution in [0.1, 0.15) is 29.5 Å². The summed E-state index contributed by atoms with van der Waals surface area (Å²) in [5.41, 5.74) is 14.7. The Bertz CT molecular complexity index is 2090. The number of hydrogen-bond acceptors (Lipinski definition) is 6. The van der Waals surface area contributed by atoms with Crippen LogP contribution in [0.15, 0.2) is 115 Å². The second kappa shape index (κ2) is 7.69. The van der Waals surface area contributed by atoms with E-state index in [0.29, 0.717) is 11.8 Å². The van der Waals surface area contributed by atoms with Crippen molar-refractivity contribution in [1.29, 1.82) is 0 Å². The van der Waals surface area contributed by atoms with Gasteiger partial charge in [-0.15, -0.1) is 0 Å². The highest BCUT2D eigenvalue weighted by Gasteiger charge is 2.69. The summed E-state index contributed by atoms with van der Waals surface area (Å²) in [7, 11) is 2.24. The van der Waals surface area contributed by atoms with Crippen molar-refractivity contribution in [3.8, 4) is 0 Å². The van der Waals surface area contributed by atoms with E-state index in [1.807, 2.05) is 6.20 Å². The monoisotopic (exact) mass is 570 g/mol. The number of benzene rings is 4. The Morgan fingerprint density at radius 1 is 0.750 bits per heavy atom. The fraction of sp³-hybridized carbons (Fsp3) is 0.211. The zero-order valence-corrected chi connectivity index (χ0v) is 24.6. The molecule has 212 valence electrons. The molecule has 1 aromatic heterocycles. The molecule has 5 atom stereocenters. The van der Waals surface area contributed by atoms with Crippen molar-refractivity contribution in [2.24, 2.45) is 11.3 Å². The summed E-state index contributed by atoms with van der Waals surface area (Å²) in [6.07, 6.45) is 4.91. The van der Waals surface area contributed by atoms with Gasteiger partial charge in [0.15, 0.2) is 5.82 Å². The van der Waals surface area contributed by atoms with E-state index in [0.717, 1.165) is 17.9 Å². The lowest BCUT2D eigenvalue weighted by Gasteiger charge is -2.62. The van der Waals surface area contributed by atoms with Crippen molar-refractivity contribution in [2.45, 2.75) is 31.6 Å². The van der Waals surface area contributed by atoms with E-state index in [9.17, 15) is 0 Å². The van der Waals surface area contributed by atoms with Gasteiger partial charge in [0, 0.05) is 35.3 Å². The van der Waals surface area contributed by atoms with Gasteiger partial charge in [0.25, 0.3) is 0 Å². The van der Waals surface area contributed by atoms with E-state index >= 15 is 0 Å². The van der Waals surface area contributed by atoms with E-state index in [1.54, 1.807) is 11.9 Å². The molecule has 5 aromatic rings. The van der Waals surface area contributed by atoms with E-state index in [1.165, 1.54) is 50.7 Å². The molecular formula is C38H30N6. The Labute approximate surface area is 256 Å². The first-order chi connectivity index (χ1) is 21.7. The van der Waals surface area contributed by atoms with E-state index in [2.05, 4.69) is 136 Å². The number of aromatic nitrogens is 2. The molecule has 2 aliphatic carbocycles. The third-order valence-corrected chi connectivity index (χ3v) is 11.5. The number of anilines is 7. The van der Waals surface area contributed by atoms with Crippen molar-refractivity contribution in [2.75, 3.05) is 26.6 Å². The topological polar surface area (TPSA) is 38.7 Å². The predicted octanol–water partition coefficient (Wildman–Crippen LogP) is 7.76. The first kappa shape index (κ1) is 23.4. The molecule has 0 amide bonds. The van der Waals surface area contributed by atoms with E-state index in [-0.39, 0.29) is 17.7 Å². The first-order valence-corrected chi connectivity index (χ1v) is 15.7. The van der Waals surface area contributed by atoms with Gasteiger partial charge < -0.3 is 19.6 Å². The lowest BCUT2D eigenvalue weighted by Crippen LogP contribution is -2.64. The van der Waals surface area contributed by atoms with Gasteiger partial charge in [0.2, 0.25) is 0 Å². The van der Waals surface area contributed by atoms with E-state index < -0.39 is 0 Å². The van der Waals surface area contributed by atoms with Crippen LogP contribution < -0.4 is 19.6 Å². The summed E-state index contributed by atoms with van der Waals surface area (Å²) < 4.78 is 0. The number of fused-ring (bicyclic) bond motifs is 17. The molecule has 4 aliphatic heterocycles. The molecule has 6 nitrogen and oxygen atoms in total. The third kappa shape index (κ3) is 2.46. The number of allylic oxidation sites excluding steroid dienone is 1. The van der Waals surface area contributed by atoms with Crippen LogP contribution >= 0.6 is 0 Å². The summed E-state index contributed by atoms with van der Waals surface area (Å²) in [5, 5.41) is 0. The van der Waals surface area contributed by atoms with Crippen LogP contribution in [0.2, 0.25) is 0 Å². The minimum atomic E-state index is -0.178. The minimum absolute atomic E-state index is 0.0308. The second-order valence-electron chi connectivity index (χ2n) is 13.3. The quantitative estimate of drug-likeness (QED) is 0.205. The molecule has 0 fully saturated rings. The Morgan fingerprint density at radius 3 is 2.34 bits per heavy atom. The number of hydrogen-bond donors (Lipinski definition) is 0. The Hall–Kier alpha value is -5.10. The fourth-order valence-corrected chi connectivity index (χ4v) is 10.1. The summed E-state index contributed by atoms with van der Waals surface area (Å²) >= 11 is 0. The Kier molecular flexibility index (Phi) is 4.09. The molecular weight excluding hydrogens is 540 g/mol. The lowest BCUT2D eigenvalue weighted by molar-refractivity contribution is 0.169. The maximum atomic E-state index is 4.85. The molecule has 0 saturated carbocycles. The first-order valence-electron chi connectivity index (χ1n) is 15.7. The molecule has 5 heterocycles. The number of rotatable bonds is 1. The third-order valence-electron chi connectivity index (χ3n) is 11.5. The average molecular weight is 571 g/mol. The smallest absolute Gasteiger partial charge is 0.157 e. The molecule has 6 heteroatoms. The highest BCUT2D eigenvalue weighted by molar-refractivity contribution is 6.02. The summed E-state index contributed by atoms with van der Waals surface area (Å²) in [6, 6.07) is 36.3. The van der Waals surface area contributed by atoms with Crippen molar-refractivity contribution in [3.05, 3.63) is 132 Å². The number of nitrogens with zero attached hydrogens (tertiary/aromatic N) is 6. The van der Waals surface area contributed by atoms with E-state index in [4.69, 9.17) is 4.98 Å². The van der Waals surface area contributed by atoms with Crippen molar-refractivity contribution < 1.29 is 0 Å².